The molecule has 0 aromatic carbocycles. The summed E-state index contributed by atoms with van der Waals surface area (Å²) in [7, 11) is 0. The Labute approximate surface area is 186 Å². The van der Waals surface area contributed by atoms with E-state index < -0.39 is 66.9 Å². The van der Waals surface area contributed by atoms with E-state index in [4.69, 9.17) is 16.6 Å². The van der Waals surface area contributed by atoms with Gasteiger partial charge in [0.05, 0.1) is 19.1 Å². The van der Waals surface area contributed by atoms with Crippen LogP contribution in [0.25, 0.3) is 0 Å². The van der Waals surface area contributed by atoms with E-state index >= 15 is 0 Å². The summed E-state index contributed by atoms with van der Waals surface area (Å²) in [5.74, 6) is -5.14. The molecule has 32 heavy (non-hydrogen) atoms. The van der Waals surface area contributed by atoms with Gasteiger partial charge in [-0.15, -0.1) is 0 Å². The molecule has 13 heteroatoms. The Bertz CT molecular complexity index is 658. The first-order chi connectivity index (χ1) is 14.9. The fourth-order valence-electron chi connectivity index (χ4n) is 2.75. The Morgan fingerprint density at radius 3 is 1.84 bits per heavy atom. The van der Waals surface area contributed by atoms with E-state index in [1.807, 2.05) is 0 Å². The molecule has 0 rings (SSSR count). The number of amides is 3. The summed E-state index contributed by atoms with van der Waals surface area (Å²) < 4.78 is 0. The first kappa shape index (κ1) is 29.2. The van der Waals surface area contributed by atoms with Gasteiger partial charge in [-0.25, -0.2) is 4.79 Å². The monoisotopic (exact) mass is 461 g/mol. The minimum absolute atomic E-state index is 0.00864. The van der Waals surface area contributed by atoms with Crippen molar-refractivity contribution in [3.63, 3.8) is 0 Å². The fraction of sp³-hybridized carbons (Fsp3) is 0.737. The van der Waals surface area contributed by atoms with E-state index in [-0.39, 0.29) is 18.8 Å². The average Bonchev–Trinajstić information content (AvgIpc) is 2.69. The Kier molecular flexibility index (Phi) is 13.8. The van der Waals surface area contributed by atoms with Crippen LogP contribution in [0.5, 0.6) is 0 Å². The molecule has 0 aromatic rings. The molecular formula is C19H35N5O8. The zero-order valence-corrected chi connectivity index (χ0v) is 18.4. The predicted molar refractivity (Wildman–Crippen MR) is 113 cm³/mol. The molecule has 0 aliphatic heterocycles. The summed E-state index contributed by atoms with van der Waals surface area (Å²) in [5.41, 5.74) is 10.9. The molecule has 4 unspecified atom stereocenters. The number of aliphatic carboxylic acids is 2. The minimum Gasteiger partial charge on any atom is -0.481 e. The highest BCUT2D eigenvalue weighted by molar-refractivity contribution is 5.94. The SMILES string of the molecule is CC(C)CC(NC(=O)C(CCCCN)NC(=O)C(CO)NC(=O)C(N)CC(=O)O)C(=O)O. The van der Waals surface area contributed by atoms with E-state index in [1.54, 1.807) is 13.8 Å². The van der Waals surface area contributed by atoms with Crippen LogP contribution in [0.1, 0.15) is 46.0 Å². The van der Waals surface area contributed by atoms with Crippen LogP contribution in [0, 0.1) is 5.92 Å². The van der Waals surface area contributed by atoms with Crippen molar-refractivity contribution in [2.24, 2.45) is 17.4 Å². The van der Waals surface area contributed by atoms with Gasteiger partial charge >= 0.3 is 11.9 Å². The number of unbranched alkanes of at least 4 members (excludes halogenated alkanes) is 1. The van der Waals surface area contributed by atoms with E-state index in [1.165, 1.54) is 0 Å². The van der Waals surface area contributed by atoms with Gasteiger partial charge in [0.1, 0.15) is 18.1 Å². The summed E-state index contributed by atoms with van der Waals surface area (Å²) in [6.45, 7) is 3.11. The van der Waals surface area contributed by atoms with Gasteiger partial charge in [0, 0.05) is 0 Å². The highest BCUT2D eigenvalue weighted by Crippen LogP contribution is 2.07. The molecule has 10 N–H and O–H groups in total. The minimum atomic E-state index is -1.49. The Morgan fingerprint density at radius 2 is 1.38 bits per heavy atom. The number of carboxylic acids is 2. The summed E-state index contributed by atoms with van der Waals surface area (Å²) in [4.78, 5) is 59.3. The predicted octanol–water partition coefficient (Wildman–Crippen LogP) is -2.51. The van der Waals surface area contributed by atoms with Crippen molar-refractivity contribution in [1.82, 2.24) is 16.0 Å². The third-order valence-electron chi connectivity index (χ3n) is 4.45. The van der Waals surface area contributed by atoms with Gasteiger partial charge in [0.15, 0.2) is 0 Å². The molecule has 0 saturated carbocycles. The molecule has 0 fully saturated rings. The lowest BCUT2D eigenvalue weighted by Gasteiger charge is -2.25. The van der Waals surface area contributed by atoms with Crippen LogP contribution in [0.3, 0.4) is 0 Å². The number of carboxylic acid groups (broad SMARTS) is 2. The van der Waals surface area contributed by atoms with E-state index in [0.717, 1.165) is 0 Å². The van der Waals surface area contributed by atoms with Crippen LogP contribution in [-0.2, 0) is 24.0 Å². The van der Waals surface area contributed by atoms with Gasteiger partial charge in [0.2, 0.25) is 17.7 Å². The molecule has 0 spiro atoms. The van der Waals surface area contributed by atoms with Crippen molar-refractivity contribution >= 4 is 29.7 Å². The lowest BCUT2D eigenvalue weighted by molar-refractivity contribution is -0.143. The second-order valence-corrected chi connectivity index (χ2v) is 7.82. The Hall–Kier alpha value is -2.77. The second-order valence-electron chi connectivity index (χ2n) is 7.82. The normalized spacial score (nSPS) is 14.7. The molecule has 0 aliphatic rings. The molecule has 0 aromatic heterocycles. The van der Waals surface area contributed by atoms with E-state index in [0.29, 0.717) is 19.4 Å². The molecule has 13 nitrogen and oxygen atoms in total. The molecule has 0 saturated heterocycles. The van der Waals surface area contributed by atoms with Crippen LogP contribution in [0.2, 0.25) is 0 Å². The van der Waals surface area contributed by atoms with Crippen molar-refractivity contribution in [1.29, 1.82) is 0 Å². The van der Waals surface area contributed by atoms with Crippen molar-refractivity contribution in [3.05, 3.63) is 0 Å². The third-order valence-corrected chi connectivity index (χ3v) is 4.45. The van der Waals surface area contributed by atoms with Gasteiger partial charge in [-0.2, -0.15) is 0 Å². The number of carbonyl (C=O) groups is 5. The number of nitrogens with one attached hydrogen (secondary N) is 3. The number of nitrogens with two attached hydrogens (primary N) is 2. The number of aliphatic hydroxyl groups is 1. The molecule has 3 amide bonds. The first-order valence-corrected chi connectivity index (χ1v) is 10.3. The number of hydrogen-bond acceptors (Lipinski definition) is 8. The molecule has 184 valence electrons. The second kappa shape index (κ2) is 15.1. The number of rotatable bonds is 16. The summed E-state index contributed by atoms with van der Waals surface area (Å²) in [6.07, 6.45) is 0.658. The summed E-state index contributed by atoms with van der Waals surface area (Å²) in [5, 5.41) is 34.4. The van der Waals surface area contributed by atoms with Crippen LogP contribution in [0.4, 0.5) is 0 Å². The van der Waals surface area contributed by atoms with Crippen LogP contribution >= 0.6 is 0 Å². The van der Waals surface area contributed by atoms with Crippen molar-refractivity contribution in [2.45, 2.75) is 70.1 Å². The quantitative estimate of drug-likeness (QED) is 0.112. The zero-order chi connectivity index (χ0) is 24.8. The topological polar surface area (TPSA) is 234 Å². The maximum absolute atomic E-state index is 12.7. The molecule has 0 radical (unpaired) electrons. The fourth-order valence-corrected chi connectivity index (χ4v) is 2.75. The van der Waals surface area contributed by atoms with Crippen molar-refractivity contribution in [3.8, 4) is 0 Å². The van der Waals surface area contributed by atoms with Gasteiger partial charge < -0.3 is 42.7 Å². The Morgan fingerprint density at radius 1 is 0.844 bits per heavy atom. The van der Waals surface area contributed by atoms with Crippen LogP contribution in [0.15, 0.2) is 0 Å². The number of hydrogen-bond donors (Lipinski definition) is 8. The third kappa shape index (κ3) is 11.6. The summed E-state index contributed by atoms with van der Waals surface area (Å²) in [6, 6.07) is -5.22. The number of aliphatic hydroxyl groups excluding tert-OH is 1. The standard InChI is InChI=1S/C19H35N5O8/c1-10(2)7-13(19(31)32)23-17(29)12(5-3-4-6-20)22-18(30)14(9-25)24-16(28)11(21)8-15(26)27/h10-14,25H,3-9,20-21H2,1-2H3,(H,22,30)(H,23,29)(H,24,28)(H,26,27)(H,31,32). The molecule has 0 heterocycles. The summed E-state index contributed by atoms with van der Waals surface area (Å²) >= 11 is 0. The van der Waals surface area contributed by atoms with Crippen LogP contribution in [-0.4, -0.2) is 82.3 Å². The average molecular weight is 462 g/mol. The van der Waals surface area contributed by atoms with E-state index in [2.05, 4.69) is 16.0 Å². The molecule has 0 bridgehead atoms. The largest absolute Gasteiger partial charge is 0.481 e. The van der Waals surface area contributed by atoms with Crippen molar-refractivity contribution < 1.29 is 39.3 Å². The Balaban J connectivity index is 5.28. The lowest BCUT2D eigenvalue weighted by atomic mass is 10.0. The highest BCUT2D eigenvalue weighted by Gasteiger charge is 2.30. The van der Waals surface area contributed by atoms with E-state index in [9.17, 15) is 34.2 Å². The number of carbonyl (C=O) groups excluding carboxylic acids is 3. The maximum Gasteiger partial charge on any atom is 0.326 e. The zero-order valence-electron chi connectivity index (χ0n) is 18.4. The first-order valence-electron chi connectivity index (χ1n) is 10.3. The maximum atomic E-state index is 12.7. The van der Waals surface area contributed by atoms with Gasteiger partial charge in [-0.1, -0.05) is 13.8 Å². The molecular weight excluding hydrogens is 426 g/mol. The van der Waals surface area contributed by atoms with Gasteiger partial charge in [0.25, 0.3) is 0 Å². The lowest BCUT2D eigenvalue weighted by Crippen LogP contribution is -2.58. The van der Waals surface area contributed by atoms with Crippen molar-refractivity contribution in [2.75, 3.05) is 13.2 Å². The highest BCUT2D eigenvalue weighted by atomic mass is 16.4. The molecule has 4 atom stereocenters. The van der Waals surface area contributed by atoms with Crippen LogP contribution < -0.4 is 27.4 Å². The van der Waals surface area contributed by atoms with Gasteiger partial charge in [-0.3, -0.25) is 19.2 Å². The van der Waals surface area contributed by atoms with Gasteiger partial charge in [-0.05, 0) is 38.1 Å². The molecule has 0 aliphatic carbocycles. The smallest absolute Gasteiger partial charge is 0.326 e.